The summed E-state index contributed by atoms with van der Waals surface area (Å²) in [7, 11) is -1.41. The quantitative estimate of drug-likeness (QED) is 0.339. The molecular formula is C18H46NiSi2. The third kappa shape index (κ3) is 44.9. The van der Waals surface area contributed by atoms with Crippen LogP contribution >= 0.6 is 0 Å². The van der Waals surface area contributed by atoms with Gasteiger partial charge in [-0.2, -0.15) is 0 Å². The summed E-state index contributed by atoms with van der Waals surface area (Å²) in [6.45, 7) is 23.9. The van der Waals surface area contributed by atoms with Gasteiger partial charge in [0.05, 0.1) is 0 Å². The molecule has 0 heterocycles. The van der Waals surface area contributed by atoms with E-state index < -0.39 is 16.1 Å². The van der Waals surface area contributed by atoms with Crippen molar-refractivity contribution in [2.75, 3.05) is 0 Å². The minimum Gasteiger partial charge on any atom is -0.358 e. The molecule has 0 unspecified atom stereocenters. The van der Waals surface area contributed by atoms with Crippen molar-refractivity contribution in [1.29, 1.82) is 0 Å². The number of rotatable bonds is 5. The van der Waals surface area contributed by atoms with Crippen LogP contribution in [0.2, 0.25) is 51.4 Å². The molecule has 136 valence electrons. The van der Waals surface area contributed by atoms with Gasteiger partial charge in [0.15, 0.2) is 0 Å². The van der Waals surface area contributed by atoms with Crippen molar-refractivity contribution < 1.29 is 16.5 Å². The molecule has 0 saturated carbocycles. The summed E-state index contributed by atoms with van der Waals surface area (Å²) in [6, 6.07) is 2.97. The van der Waals surface area contributed by atoms with Crippen LogP contribution in [-0.2, 0) is 16.5 Å². The van der Waals surface area contributed by atoms with Crippen LogP contribution < -0.4 is 0 Å². The van der Waals surface area contributed by atoms with Crippen LogP contribution in [0.3, 0.4) is 0 Å². The molecule has 0 spiro atoms. The first-order valence-electron chi connectivity index (χ1n) is 7.77. The Morgan fingerprint density at radius 2 is 1.05 bits per heavy atom. The van der Waals surface area contributed by atoms with Crippen LogP contribution in [0, 0.1) is 20.3 Å². The van der Waals surface area contributed by atoms with Gasteiger partial charge in [-0.15, -0.1) is 0 Å². The summed E-state index contributed by atoms with van der Waals surface area (Å²) in [5.41, 5.74) is 0.541. The molecule has 0 nitrogen and oxygen atoms in total. The summed E-state index contributed by atoms with van der Waals surface area (Å²) in [6.07, 6.45) is 4.19. The predicted molar refractivity (Wildman–Crippen MR) is 108 cm³/mol. The van der Waals surface area contributed by atoms with E-state index in [1.54, 1.807) is 0 Å². The summed E-state index contributed by atoms with van der Waals surface area (Å²) in [5, 5.41) is 0. The molecular weight excluding hydrogens is 331 g/mol. The third-order valence-corrected chi connectivity index (χ3v) is 6.71. The molecule has 0 radical (unpaired) electrons. The smallest absolute Gasteiger partial charge is 0.358 e. The molecule has 0 rings (SSSR count). The zero-order valence-corrected chi connectivity index (χ0v) is 20.3. The second-order valence-corrected chi connectivity index (χ2v) is 20.5. The molecule has 0 aromatic carbocycles. The van der Waals surface area contributed by atoms with Crippen molar-refractivity contribution in [3.8, 4) is 0 Å². The van der Waals surface area contributed by atoms with Crippen LogP contribution in [0.4, 0.5) is 0 Å². The van der Waals surface area contributed by atoms with E-state index in [1.807, 2.05) is 0 Å². The molecule has 0 aliphatic rings. The minimum atomic E-state index is -0.757. The summed E-state index contributed by atoms with van der Waals surface area (Å²) in [4.78, 5) is 0. The summed E-state index contributed by atoms with van der Waals surface area (Å²) < 4.78 is 0. The molecule has 0 bridgehead atoms. The average Bonchev–Trinajstić information content (AvgIpc) is 1.96. The van der Waals surface area contributed by atoms with Crippen molar-refractivity contribution in [3.63, 3.8) is 0 Å². The molecule has 0 aromatic heterocycles. The molecule has 0 aromatic rings. The maximum Gasteiger partial charge on any atom is 2.00 e. The van der Waals surface area contributed by atoms with Gasteiger partial charge in [-0.3, -0.25) is 0 Å². The van der Waals surface area contributed by atoms with Gasteiger partial charge >= 0.3 is 16.5 Å². The van der Waals surface area contributed by atoms with E-state index in [1.165, 1.54) is 31.4 Å². The molecule has 0 aliphatic carbocycles. The van der Waals surface area contributed by atoms with E-state index in [2.05, 4.69) is 67.0 Å². The normalized spacial score (nSPS) is 11.1. The summed E-state index contributed by atoms with van der Waals surface area (Å²) >= 11 is 0. The van der Waals surface area contributed by atoms with Gasteiger partial charge < -0.3 is 14.9 Å². The first-order valence-corrected chi connectivity index (χ1v) is 15.2. The van der Waals surface area contributed by atoms with Gasteiger partial charge in [-0.05, 0) is 11.8 Å². The van der Waals surface area contributed by atoms with Gasteiger partial charge in [0.25, 0.3) is 0 Å². The van der Waals surface area contributed by atoms with Crippen molar-refractivity contribution >= 4 is 16.1 Å². The van der Waals surface area contributed by atoms with Crippen molar-refractivity contribution in [3.05, 3.63) is 14.9 Å². The fraction of sp³-hybridized carbons (Fsp3) is 0.889. The Morgan fingerprint density at radius 1 is 0.714 bits per heavy atom. The molecule has 3 heteroatoms. The number of hydrogen-bond donors (Lipinski definition) is 0. The Morgan fingerprint density at radius 3 is 1.19 bits per heavy atom. The maximum atomic E-state index is 2.45. The van der Waals surface area contributed by atoms with Crippen molar-refractivity contribution in [1.82, 2.24) is 0 Å². The van der Waals surface area contributed by atoms with Gasteiger partial charge in [-0.25, -0.2) is 0 Å². The molecule has 0 saturated heterocycles. The van der Waals surface area contributed by atoms with Gasteiger partial charge in [0.2, 0.25) is 0 Å². The number of hydrogen-bond acceptors (Lipinski definition) is 0. The minimum absolute atomic E-state index is 0. The van der Waals surface area contributed by atoms with Crippen LogP contribution in [-0.4, -0.2) is 16.1 Å². The van der Waals surface area contributed by atoms with E-state index in [4.69, 9.17) is 0 Å². The van der Waals surface area contributed by atoms with E-state index in [0.29, 0.717) is 5.41 Å². The maximum absolute atomic E-state index is 2.45. The monoisotopic (exact) mass is 376 g/mol. The fourth-order valence-electron chi connectivity index (χ4n) is 1.90. The standard InChI is InChI=1S/C10H24Si.C6H16Si.2CH3.Ni/c1-10(2,3)8-7-9-11(4,5)6;1-5-6-7(2,3)4;;;/h7-9H2,1-6H3;5-6H2,1-4H3;2*1H3;/q;;2*-1;+2. The van der Waals surface area contributed by atoms with E-state index in [9.17, 15) is 0 Å². The molecule has 0 atom stereocenters. The first kappa shape index (κ1) is 33.5. The predicted octanol–water partition coefficient (Wildman–Crippen LogP) is 7.78. The topological polar surface area (TPSA) is 0 Å². The second kappa shape index (κ2) is 14.5. The van der Waals surface area contributed by atoms with E-state index in [0.717, 1.165) is 0 Å². The molecule has 0 aliphatic heterocycles. The average molecular weight is 377 g/mol. The first-order chi connectivity index (χ1) is 7.77. The van der Waals surface area contributed by atoms with Gasteiger partial charge in [0, 0.05) is 16.1 Å². The van der Waals surface area contributed by atoms with Crippen LogP contribution in [0.15, 0.2) is 0 Å². The second-order valence-electron chi connectivity index (χ2n) is 9.29. The summed E-state index contributed by atoms with van der Waals surface area (Å²) in [5.74, 6) is 0. The van der Waals surface area contributed by atoms with Crippen LogP contribution in [0.1, 0.15) is 47.0 Å². The van der Waals surface area contributed by atoms with Crippen molar-refractivity contribution in [2.24, 2.45) is 5.41 Å². The zero-order chi connectivity index (χ0) is 15.0. The third-order valence-electron chi connectivity index (χ3n) is 2.85. The largest absolute Gasteiger partial charge is 2.00 e. The van der Waals surface area contributed by atoms with E-state index in [-0.39, 0.29) is 31.3 Å². The molecule has 0 N–H and O–H groups in total. The van der Waals surface area contributed by atoms with Crippen molar-refractivity contribution in [2.45, 2.75) is 98.3 Å². The van der Waals surface area contributed by atoms with Gasteiger partial charge in [-0.1, -0.05) is 91.9 Å². The molecule has 0 fully saturated rings. The molecule has 0 amide bonds. The Kier molecular flexibility index (Phi) is 23.2. The Hall–Kier alpha value is 0.927. The fourth-order valence-corrected chi connectivity index (χ4v) is 4.64. The Bertz CT molecular complexity index is 181. The van der Waals surface area contributed by atoms with Crippen LogP contribution in [0.25, 0.3) is 0 Å². The zero-order valence-electron chi connectivity index (χ0n) is 17.4. The van der Waals surface area contributed by atoms with Gasteiger partial charge in [0.1, 0.15) is 0 Å². The van der Waals surface area contributed by atoms with Crippen LogP contribution in [0.5, 0.6) is 0 Å². The molecule has 21 heavy (non-hydrogen) atoms. The Labute approximate surface area is 151 Å². The SMILES string of the molecule is CC(C)(C)CCC[Si](C)(C)C.CCC[Si](C)(C)C.[CH3-].[CH3-].[Ni+2]. The van der Waals surface area contributed by atoms with E-state index >= 15 is 0 Å². The Balaban J connectivity index is -0.0000000762.